The minimum Gasteiger partial charge on any atom is -0.354 e. The van der Waals surface area contributed by atoms with Gasteiger partial charge < -0.3 is 5.32 Å². The first-order valence-electron chi connectivity index (χ1n) is 7.85. The van der Waals surface area contributed by atoms with E-state index >= 15 is 0 Å². The molecule has 2 aromatic rings. The topological polar surface area (TPSA) is 64.0 Å². The molecule has 1 unspecified atom stereocenters. The molecule has 118 valence electrons. The molecule has 5 nitrogen and oxygen atoms in total. The van der Waals surface area contributed by atoms with Crippen molar-refractivity contribution in [1.82, 2.24) is 14.9 Å². The van der Waals surface area contributed by atoms with E-state index in [9.17, 15) is 9.59 Å². The normalized spacial score (nSPS) is 12.3. The molecule has 5 heteroatoms. The number of amides is 1. The number of hydrogen-bond donors (Lipinski definition) is 1. The van der Waals surface area contributed by atoms with E-state index in [0.717, 1.165) is 12.8 Å². The van der Waals surface area contributed by atoms with Crippen LogP contribution in [0, 0.1) is 0 Å². The molecule has 0 radical (unpaired) electrons. The first-order chi connectivity index (χ1) is 10.6. The second-order valence-electron chi connectivity index (χ2n) is 5.62. The molecule has 1 aromatic carbocycles. The summed E-state index contributed by atoms with van der Waals surface area (Å²) in [4.78, 5) is 28.4. The Hall–Kier alpha value is -2.17. The summed E-state index contributed by atoms with van der Waals surface area (Å²) in [5.41, 5.74) is 0.653. The van der Waals surface area contributed by atoms with Gasteiger partial charge in [-0.25, -0.2) is 4.98 Å². The third-order valence-corrected chi connectivity index (χ3v) is 3.66. The number of carbonyl (C=O) groups excluding carboxylic acids is 1. The number of benzene rings is 1. The van der Waals surface area contributed by atoms with E-state index in [0.29, 0.717) is 30.3 Å². The highest BCUT2D eigenvalue weighted by Crippen LogP contribution is 2.05. The van der Waals surface area contributed by atoms with Crippen LogP contribution in [-0.4, -0.2) is 21.5 Å². The van der Waals surface area contributed by atoms with Gasteiger partial charge in [-0.1, -0.05) is 25.5 Å². The standard InChI is InChI=1S/C17H23N3O2/c1-3-7-13(2)19-16(21)10-6-11-20-12-18-15-9-5-4-8-14(15)17(20)22/h4-5,8-9,12-13H,3,6-7,10-11H2,1-2H3,(H,19,21). The van der Waals surface area contributed by atoms with Crippen LogP contribution in [0.3, 0.4) is 0 Å². The Morgan fingerprint density at radius 2 is 2.14 bits per heavy atom. The number of nitrogens with one attached hydrogen (secondary N) is 1. The second kappa shape index (κ2) is 7.73. The number of carbonyl (C=O) groups is 1. The second-order valence-corrected chi connectivity index (χ2v) is 5.62. The maximum absolute atomic E-state index is 12.3. The molecule has 1 atom stereocenters. The molecule has 0 fully saturated rings. The van der Waals surface area contributed by atoms with Crippen molar-refractivity contribution in [3.05, 3.63) is 40.9 Å². The number of rotatable bonds is 7. The molecule has 0 aliphatic rings. The molecule has 0 aliphatic carbocycles. The van der Waals surface area contributed by atoms with Crippen molar-refractivity contribution >= 4 is 16.8 Å². The van der Waals surface area contributed by atoms with Gasteiger partial charge in [0.25, 0.3) is 5.56 Å². The molecule has 1 N–H and O–H groups in total. The van der Waals surface area contributed by atoms with Crippen molar-refractivity contribution in [1.29, 1.82) is 0 Å². The first kappa shape index (κ1) is 16.2. The van der Waals surface area contributed by atoms with Crippen LogP contribution in [0.2, 0.25) is 0 Å². The summed E-state index contributed by atoms with van der Waals surface area (Å²) in [6.45, 7) is 4.62. The van der Waals surface area contributed by atoms with Gasteiger partial charge in [0.1, 0.15) is 0 Å². The van der Waals surface area contributed by atoms with Gasteiger partial charge in [-0.05, 0) is 31.9 Å². The Labute approximate surface area is 130 Å². The fourth-order valence-corrected chi connectivity index (χ4v) is 2.53. The molecule has 1 amide bonds. The monoisotopic (exact) mass is 301 g/mol. The largest absolute Gasteiger partial charge is 0.354 e. The molecule has 2 rings (SSSR count). The number of hydrogen-bond acceptors (Lipinski definition) is 3. The summed E-state index contributed by atoms with van der Waals surface area (Å²) >= 11 is 0. The minimum atomic E-state index is -0.0506. The summed E-state index contributed by atoms with van der Waals surface area (Å²) in [6, 6.07) is 7.51. The fraction of sp³-hybridized carbons (Fsp3) is 0.471. The highest BCUT2D eigenvalue weighted by Gasteiger charge is 2.07. The summed E-state index contributed by atoms with van der Waals surface area (Å²) in [6.07, 6.45) is 4.65. The van der Waals surface area contributed by atoms with Gasteiger partial charge >= 0.3 is 0 Å². The zero-order valence-corrected chi connectivity index (χ0v) is 13.2. The molecule has 1 aromatic heterocycles. The maximum atomic E-state index is 12.3. The van der Waals surface area contributed by atoms with Gasteiger partial charge in [0.15, 0.2) is 0 Å². The van der Waals surface area contributed by atoms with Gasteiger partial charge in [0.05, 0.1) is 17.2 Å². The van der Waals surface area contributed by atoms with Crippen molar-refractivity contribution in [2.45, 2.75) is 52.1 Å². The zero-order valence-electron chi connectivity index (χ0n) is 13.2. The number of aromatic nitrogens is 2. The lowest BCUT2D eigenvalue weighted by Gasteiger charge is -2.12. The molecule has 0 spiro atoms. The average Bonchev–Trinajstić information content (AvgIpc) is 2.50. The van der Waals surface area contributed by atoms with Gasteiger partial charge in [-0.2, -0.15) is 0 Å². The molecule has 0 saturated carbocycles. The van der Waals surface area contributed by atoms with E-state index < -0.39 is 0 Å². The third kappa shape index (κ3) is 4.16. The lowest BCUT2D eigenvalue weighted by atomic mass is 10.2. The van der Waals surface area contributed by atoms with Crippen molar-refractivity contribution in [2.75, 3.05) is 0 Å². The number of para-hydroxylation sites is 1. The smallest absolute Gasteiger partial charge is 0.261 e. The quantitative estimate of drug-likeness (QED) is 0.854. The average molecular weight is 301 g/mol. The van der Waals surface area contributed by atoms with Crippen LogP contribution in [0.25, 0.3) is 10.9 Å². The molecule has 0 bridgehead atoms. The summed E-state index contributed by atoms with van der Waals surface area (Å²) < 4.78 is 1.57. The Morgan fingerprint density at radius 1 is 1.36 bits per heavy atom. The van der Waals surface area contributed by atoms with Crippen molar-refractivity contribution < 1.29 is 4.79 Å². The fourth-order valence-electron chi connectivity index (χ4n) is 2.53. The van der Waals surface area contributed by atoms with Gasteiger partial charge in [0.2, 0.25) is 5.91 Å². The lowest BCUT2D eigenvalue weighted by molar-refractivity contribution is -0.121. The number of fused-ring (bicyclic) bond motifs is 1. The summed E-state index contributed by atoms with van der Waals surface area (Å²) in [5.74, 6) is 0.0442. The summed E-state index contributed by atoms with van der Waals surface area (Å²) in [5, 5.41) is 3.59. The predicted molar refractivity (Wildman–Crippen MR) is 87.7 cm³/mol. The Morgan fingerprint density at radius 3 is 2.91 bits per heavy atom. The van der Waals surface area contributed by atoms with E-state index in [-0.39, 0.29) is 17.5 Å². The van der Waals surface area contributed by atoms with Gasteiger partial charge in [-0.15, -0.1) is 0 Å². The van der Waals surface area contributed by atoms with E-state index in [4.69, 9.17) is 0 Å². The van der Waals surface area contributed by atoms with Crippen LogP contribution >= 0.6 is 0 Å². The van der Waals surface area contributed by atoms with Crippen molar-refractivity contribution in [3.8, 4) is 0 Å². The molecular formula is C17H23N3O2. The Bertz CT molecular complexity index is 694. The highest BCUT2D eigenvalue weighted by molar-refractivity contribution is 5.77. The highest BCUT2D eigenvalue weighted by atomic mass is 16.1. The predicted octanol–water partition coefficient (Wildman–Crippen LogP) is 2.48. The van der Waals surface area contributed by atoms with Gasteiger partial charge in [0, 0.05) is 19.0 Å². The van der Waals surface area contributed by atoms with Crippen LogP contribution in [0.5, 0.6) is 0 Å². The molecule has 0 saturated heterocycles. The SMILES string of the molecule is CCCC(C)NC(=O)CCCn1cnc2ccccc2c1=O. The van der Waals surface area contributed by atoms with E-state index in [1.807, 2.05) is 25.1 Å². The number of aryl methyl sites for hydroxylation is 1. The van der Waals surface area contributed by atoms with Gasteiger partial charge in [-0.3, -0.25) is 14.2 Å². The number of nitrogens with zero attached hydrogens (tertiary/aromatic N) is 2. The molecule has 0 aliphatic heterocycles. The van der Waals surface area contributed by atoms with Crippen LogP contribution in [0.15, 0.2) is 35.4 Å². The zero-order chi connectivity index (χ0) is 15.9. The molecule has 1 heterocycles. The van der Waals surface area contributed by atoms with Crippen molar-refractivity contribution in [2.24, 2.45) is 0 Å². The molecule has 22 heavy (non-hydrogen) atoms. The third-order valence-electron chi connectivity index (χ3n) is 3.66. The van der Waals surface area contributed by atoms with E-state index in [1.165, 1.54) is 0 Å². The Kier molecular flexibility index (Phi) is 5.69. The van der Waals surface area contributed by atoms with Crippen LogP contribution in [0.4, 0.5) is 0 Å². The maximum Gasteiger partial charge on any atom is 0.261 e. The summed E-state index contributed by atoms with van der Waals surface area (Å²) in [7, 11) is 0. The van der Waals surface area contributed by atoms with Crippen LogP contribution < -0.4 is 10.9 Å². The van der Waals surface area contributed by atoms with Crippen LogP contribution in [-0.2, 0) is 11.3 Å². The Balaban J connectivity index is 1.91. The van der Waals surface area contributed by atoms with Crippen molar-refractivity contribution in [3.63, 3.8) is 0 Å². The minimum absolute atomic E-state index is 0.0442. The lowest BCUT2D eigenvalue weighted by Crippen LogP contribution is -2.32. The van der Waals surface area contributed by atoms with Crippen LogP contribution in [0.1, 0.15) is 39.5 Å². The van der Waals surface area contributed by atoms with E-state index in [1.54, 1.807) is 17.0 Å². The van der Waals surface area contributed by atoms with E-state index in [2.05, 4.69) is 17.2 Å². The first-order valence-corrected chi connectivity index (χ1v) is 7.85. The molecular weight excluding hydrogens is 278 g/mol.